The molecule has 2 heterocycles. The van der Waals surface area contributed by atoms with E-state index in [9.17, 15) is 43.5 Å². The smallest absolute Gasteiger partial charge is 0.356 e. The molecule has 2 aliphatic heterocycles. The standard InChI is InChI=1S/C21H23F8IO10S/c1-3-34-10-36-14-13-12(9-35-16(38-13)11-7-5-4-6-8-11)37-17(33-2)15(14)39-41(31,32)21(28,29)20(26,27)40-19(24,25)18(22,23)30/h4-8,12-17H,3,9-10H2,1-2H3. The first-order chi connectivity index (χ1) is 18.9. The van der Waals surface area contributed by atoms with Crippen LogP contribution in [0, 0.1) is 0 Å². The van der Waals surface area contributed by atoms with Crippen molar-refractivity contribution in [2.45, 2.75) is 65.3 Å². The monoisotopic (exact) mass is 746 g/mol. The lowest BCUT2D eigenvalue weighted by Crippen LogP contribution is -2.65. The van der Waals surface area contributed by atoms with Crippen LogP contribution < -0.4 is 0 Å². The first-order valence-electron chi connectivity index (χ1n) is 11.4. The van der Waals surface area contributed by atoms with E-state index in [-0.39, 0.29) is 35.8 Å². The summed E-state index contributed by atoms with van der Waals surface area (Å²) in [6, 6.07) is 8.14. The van der Waals surface area contributed by atoms with E-state index in [0.29, 0.717) is 5.56 Å². The van der Waals surface area contributed by atoms with Gasteiger partial charge in [0.15, 0.2) is 18.7 Å². The third kappa shape index (κ3) is 7.40. The Kier molecular flexibility index (Phi) is 10.9. The van der Waals surface area contributed by atoms with Crippen LogP contribution in [0.2, 0.25) is 0 Å². The Hall–Kier alpha value is -0.980. The van der Waals surface area contributed by atoms with Crippen LogP contribution in [0.5, 0.6) is 0 Å². The topological polar surface area (TPSA) is 108 Å². The summed E-state index contributed by atoms with van der Waals surface area (Å²) in [4.78, 5) is 0. The van der Waals surface area contributed by atoms with Crippen molar-refractivity contribution < 1.29 is 80.9 Å². The quantitative estimate of drug-likeness (QED) is 0.0721. The SMILES string of the molecule is CCOCOC1C2OC(c3ccccc3)OCC2OC(OC)C1OS(=O)(=O)C(F)(F)C(F)(F)OC(F)(F)C(F)(F)I. The summed E-state index contributed by atoms with van der Waals surface area (Å²) >= 11 is -0.351. The van der Waals surface area contributed by atoms with Gasteiger partial charge in [-0.2, -0.15) is 43.5 Å². The second kappa shape index (κ2) is 12.9. The van der Waals surface area contributed by atoms with Crippen LogP contribution in [0.1, 0.15) is 18.8 Å². The molecule has 1 aromatic carbocycles. The Bertz CT molecular complexity index is 1110. The van der Waals surface area contributed by atoms with Crippen molar-refractivity contribution in [2.24, 2.45) is 0 Å². The van der Waals surface area contributed by atoms with Crippen LogP contribution in [-0.2, 0) is 47.5 Å². The number of alkyl halides is 9. The van der Waals surface area contributed by atoms with Gasteiger partial charge in [0.1, 0.15) is 25.1 Å². The van der Waals surface area contributed by atoms with Gasteiger partial charge in [-0.15, -0.1) is 0 Å². The minimum Gasteiger partial charge on any atom is -0.356 e. The molecule has 236 valence electrons. The Morgan fingerprint density at radius 3 is 2.17 bits per heavy atom. The number of rotatable bonds is 13. The predicted octanol–water partition coefficient (Wildman–Crippen LogP) is 4.39. The molecule has 0 saturated carbocycles. The van der Waals surface area contributed by atoms with Crippen LogP contribution in [-0.4, -0.2) is 87.6 Å². The number of halogens is 9. The second-order valence-corrected chi connectivity index (χ2v) is 11.3. The van der Waals surface area contributed by atoms with Gasteiger partial charge in [0, 0.05) is 41.9 Å². The van der Waals surface area contributed by atoms with E-state index in [1.165, 1.54) is 0 Å². The Balaban J connectivity index is 1.94. The zero-order chi connectivity index (χ0) is 30.9. The van der Waals surface area contributed by atoms with Crippen LogP contribution in [0.25, 0.3) is 0 Å². The lowest BCUT2D eigenvalue weighted by Gasteiger charge is -2.48. The first-order valence-corrected chi connectivity index (χ1v) is 13.9. The van der Waals surface area contributed by atoms with Gasteiger partial charge in [-0.25, -0.2) is 4.74 Å². The molecular weight excluding hydrogens is 723 g/mol. The largest absolute Gasteiger partial charge is 0.460 e. The van der Waals surface area contributed by atoms with E-state index in [1.807, 2.05) is 0 Å². The number of ether oxygens (including phenoxy) is 7. The average molecular weight is 746 g/mol. The molecule has 1 aromatic rings. The minimum absolute atomic E-state index is 0.0583. The lowest BCUT2D eigenvalue weighted by atomic mass is 9.97. The maximum atomic E-state index is 14.6. The van der Waals surface area contributed by atoms with Crippen LogP contribution in [0.3, 0.4) is 0 Å². The first kappa shape index (κ1) is 34.5. The van der Waals surface area contributed by atoms with E-state index in [2.05, 4.69) is 8.92 Å². The van der Waals surface area contributed by atoms with E-state index in [4.69, 9.17) is 28.4 Å². The predicted molar refractivity (Wildman–Crippen MR) is 126 cm³/mol. The van der Waals surface area contributed by atoms with Crippen LogP contribution in [0.15, 0.2) is 30.3 Å². The van der Waals surface area contributed by atoms with Crippen molar-refractivity contribution in [3.8, 4) is 0 Å². The van der Waals surface area contributed by atoms with Crippen molar-refractivity contribution in [3.63, 3.8) is 0 Å². The highest BCUT2D eigenvalue weighted by Gasteiger charge is 2.75. The highest BCUT2D eigenvalue weighted by molar-refractivity contribution is 14.1. The maximum Gasteiger partial charge on any atom is 0.460 e. The van der Waals surface area contributed by atoms with E-state index < -0.39 is 75.3 Å². The summed E-state index contributed by atoms with van der Waals surface area (Å²) in [5.41, 5.74) is 0.463. The van der Waals surface area contributed by atoms with Crippen molar-refractivity contribution in [1.82, 2.24) is 0 Å². The minimum atomic E-state index is -7.00. The van der Waals surface area contributed by atoms with E-state index in [1.54, 1.807) is 37.3 Å². The third-order valence-corrected chi connectivity index (χ3v) is 7.58. The summed E-state index contributed by atoms with van der Waals surface area (Å²) in [5, 5.41) is -6.64. The molecule has 0 N–H and O–H groups in total. The van der Waals surface area contributed by atoms with Gasteiger partial charge >= 0.3 is 31.5 Å². The highest BCUT2D eigenvalue weighted by atomic mass is 127. The van der Waals surface area contributed by atoms with Crippen molar-refractivity contribution in [1.29, 1.82) is 0 Å². The van der Waals surface area contributed by atoms with Gasteiger partial charge in [0.2, 0.25) is 0 Å². The van der Waals surface area contributed by atoms with Crippen LogP contribution in [0.4, 0.5) is 35.1 Å². The molecular formula is C21H23F8IO10S. The number of benzene rings is 1. The van der Waals surface area contributed by atoms with Gasteiger partial charge in [0.05, 0.1) is 6.61 Å². The number of methoxy groups -OCH3 is 1. The number of fused-ring (bicyclic) bond motifs is 1. The summed E-state index contributed by atoms with van der Waals surface area (Å²) in [6.45, 7) is 0.747. The summed E-state index contributed by atoms with van der Waals surface area (Å²) in [6.07, 6.45) is -22.6. The normalized spacial score (nSPS) is 28.4. The second-order valence-electron chi connectivity index (χ2n) is 8.36. The highest BCUT2D eigenvalue weighted by Crippen LogP contribution is 2.50. The molecule has 0 amide bonds. The molecule has 6 atom stereocenters. The molecule has 0 aromatic heterocycles. The van der Waals surface area contributed by atoms with Gasteiger partial charge in [-0.1, -0.05) is 30.3 Å². The summed E-state index contributed by atoms with van der Waals surface area (Å²) in [5.74, 6) is 0. The third-order valence-electron chi connectivity index (χ3n) is 5.61. The van der Waals surface area contributed by atoms with Gasteiger partial charge < -0.3 is 28.4 Å². The molecule has 10 nitrogen and oxygen atoms in total. The molecule has 2 fully saturated rings. The molecule has 0 bridgehead atoms. The van der Waals surface area contributed by atoms with Gasteiger partial charge in [-0.05, 0) is 6.92 Å². The summed E-state index contributed by atoms with van der Waals surface area (Å²) in [7, 11) is -6.10. The van der Waals surface area contributed by atoms with Gasteiger partial charge in [0.25, 0.3) is 0 Å². The van der Waals surface area contributed by atoms with E-state index in [0.717, 1.165) is 7.11 Å². The lowest BCUT2D eigenvalue weighted by molar-refractivity contribution is -0.439. The Morgan fingerprint density at radius 2 is 1.61 bits per heavy atom. The molecule has 0 spiro atoms. The van der Waals surface area contributed by atoms with Crippen molar-refractivity contribution in [3.05, 3.63) is 35.9 Å². The fraction of sp³-hybridized carbons (Fsp3) is 0.714. The summed E-state index contributed by atoms with van der Waals surface area (Å²) < 4.78 is 169. The number of hydrogen-bond donors (Lipinski definition) is 0. The molecule has 20 heteroatoms. The molecule has 0 radical (unpaired) electrons. The molecule has 6 unspecified atom stereocenters. The fourth-order valence-electron chi connectivity index (χ4n) is 3.65. The fourth-order valence-corrected chi connectivity index (χ4v) is 4.71. The maximum absolute atomic E-state index is 14.6. The molecule has 41 heavy (non-hydrogen) atoms. The van der Waals surface area contributed by atoms with Crippen molar-refractivity contribution in [2.75, 3.05) is 27.1 Å². The Morgan fingerprint density at radius 1 is 0.976 bits per heavy atom. The van der Waals surface area contributed by atoms with Crippen LogP contribution >= 0.6 is 22.6 Å². The zero-order valence-corrected chi connectivity index (χ0v) is 23.8. The molecule has 0 aliphatic carbocycles. The average Bonchev–Trinajstić information content (AvgIpc) is 2.88. The van der Waals surface area contributed by atoms with Crippen molar-refractivity contribution >= 4 is 32.7 Å². The van der Waals surface area contributed by atoms with E-state index >= 15 is 0 Å². The molecule has 3 rings (SSSR count). The molecule has 2 saturated heterocycles. The number of hydrogen-bond acceptors (Lipinski definition) is 10. The Labute approximate surface area is 241 Å². The zero-order valence-electron chi connectivity index (χ0n) is 20.9. The van der Waals surface area contributed by atoms with Gasteiger partial charge in [-0.3, -0.25) is 4.18 Å². The molecule has 2 aliphatic rings.